The van der Waals surface area contributed by atoms with E-state index in [1.165, 1.54) is 0 Å². The Morgan fingerprint density at radius 3 is 2.28 bits per heavy atom. The number of ether oxygens (including phenoxy) is 2. The van der Waals surface area contributed by atoms with Crippen LogP contribution in [0, 0.1) is 5.41 Å². The molecule has 1 unspecified atom stereocenters. The molecule has 0 aromatic heterocycles. The lowest BCUT2D eigenvalue weighted by molar-refractivity contribution is -0.156. The van der Waals surface area contributed by atoms with Gasteiger partial charge in [0.05, 0.1) is 37.6 Å². The lowest BCUT2D eigenvalue weighted by atomic mass is 9.66. The van der Waals surface area contributed by atoms with E-state index in [0.29, 0.717) is 32.0 Å². The lowest BCUT2D eigenvalue weighted by Crippen LogP contribution is -2.59. The smallest absolute Gasteiger partial charge is 0.457 e. The maximum atomic E-state index is 12.8. The van der Waals surface area contributed by atoms with Crippen LogP contribution >= 0.6 is 0 Å². The van der Waals surface area contributed by atoms with Gasteiger partial charge in [0.2, 0.25) is 0 Å². The molecular weight excluding hydrogens is 465 g/mol. The van der Waals surface area contributed by atoms with Crippen molar-refractivity contribution in [1.82, 2.24) is 4.90 Å². The fraction of sp³-hybridized carbons (Fsp3) is 0.692. The van der Waals surface area contributed by atoms with Gasteiger partial charge < -0.3 is 29.0 Å². The van der Waals surface area contributed by atoms with Gasteiger partial charge in [0.15, 0.2) is 5.54 Å². The summed E-state index contributed by atoms with van der Waals surface area (Å²) in [5.41, 5.74) is -2.29. The molecule has 4 rings (SSSR count). The highest BCUT2D eigenvalue weighted by Crippen LogP contribution is 2.60. The molecule has 3 aliphatic rings. The molecule has 2 aliphatic heterocycles. The maximum absolute atomic E-state index is 12.8. The van der Waals surface area contributed by atoms with Crippen LogP contribution in [0.1, 0.15) is 65.4 Å². The summed E-state index contributed by atoms with van der Waals surface area (Å²) in [5.74, 6) is -0.356. The van der Waals surface area contributed by atoms with Gasteiger partial charge in [-0.3, -0.25) is 4.90 Å². The Bertz CT molecular complexity index is 967. The van der Waals surface area contributed by atoms with E-state index in [0.717, 1.165) is 16.2 Å². The average molecular weight is 503 g/mol. The number of hydrogen-bond donors (Lipinski definition) is 2. The maximum Gasteiger partial charge on any atom is 0.457 e. The number of carbonyl (C=O) groups is 2. The first-order valence-corrected chi connectivity index (χ1v) is 12.7. The minimum absolute atomic E-state index is 0.0360. The first kappa shape index (κ1) is 26.8. The fourth-order valence-electron chi connectivity index (χ4n) is 6.41. The number of nitrogens with zero attached hydrogens (tertiary/aromatic N) is 1. The summed E-state index contributed by atoms with van der Waals surface area (Å²) in [6.45, 7) is 8.31. The third kappa shape index (κ3) is 4.27. The van der Waals surface area contributed by atoms with Crippen LogP contribution in [-0.2, 0) is 25.4 Å². The zero-order valence-electron chi connectivity index (χ0n) is 21.9. The van der Waals surface area contributed by atoms with E-state index < -0.39 is 40.3 Å². The number of amides is 1. The predicted molar refractivity (Wildman–Crippen MR) is 133 cm³/mol. The normalized spacial score (nSPS) is 30.4. The second-order valence-corrected chi connectivity index (χ2v) is 11.3. The summed E-state index contributed by atoms with van der Waals surface area (Å²) in [4.78, 5) is 26.2. The van der Waals surface area contributed by atoms with Gasteiger partial charge in [-0.25, -0.2) is 9.59 Å². The summed E-state index contributed by atoms with van der Waals surface area (Å²) in [6, 6.07) is 7.47. The third-order valence-electron chi connectivity index (χ3n) is 8.97. The van der Waals surface area contributed by atoms with E-state index in [-0.39, 0.29) is 26.7 Å². The average Bonchev–Trinajstić information content (AvgIpc) is 3.37. The van der Waals surface area contributed by atoms with Crippen molar-refractivity contribution in [2.75, 3.05) is 13.7 Å². The molecule has 1 aliphatic carbocycles. The number of hydrogen-bond acceptors (Lipinski definition) is 6. The molecule has 10 heteroatoms. The minimum Gasteiger partial charge on any atom is -0.497 e. The largest absolute Gasteiger partial charge is 0.497 e. The van der Waals surface area contributed by atoms with Gasteiger partial charge >= 0.3 is 19.2 Å². The molecule has 9 nitrogen and oxygen atoms in total. The molecule has 36 heavy (non-hydrogen) atoms. The molecule has 0 bridgehead atoms. The Hall–Kier alpha value is -2.30. The van der Waals surface area contributed by atoms with E-state index in [2.05, 4.69) is 0 Å². The first-order valence-electron chi connectivity index (χ1n) is 12.7. The van der Waals surface area contributed by atoms with E-state index in [4.69, 9.17) is 18.8 Å². The van der Waals surface area contributed by atoms with Crippen molar-refractivity contribution in [2.45, 2.75) is 95.6 Å². The highest BCUT2D eigenvalue weighted by molar-refractivity contribution is 6.45. The van der Waals surface area contributed by atoms with Gasteiger partial charge in [0, 0.05) is 5.41 Å². The standard InChI is InChI=1S/C26H38BNO8/c1-23(2)24(3,4)36-27(35-23)15-7-13-25-12-6-14-26(25,21(29)30)28(22(31)32)16-20(25)34-17-18-8-10-19(33-5)11-9-18/h8-11,20H,6-7,12-17H2,1-5H3,(H,29,30)(H,31,32)/t20?,25-,26-/m1/s1. The van der Waals surface area contributed by atoms with Crippen LogP contribution in [0.5, 0.6) is 5.75 Å². The molecule has 3 fully saturated rings. The van der Waals surface area contributed by atoms with E-state index >= 15 is 0 Å². The van der Waals surface area contributed by atoms with Gasteiger partial charge in [0.1, 0.15) is 5.75 Å². The van der Waals surface area contributed by atoms with Crippen molar-refractivity contribution < 1.29 is 38.6 Å². The van der Waals surface area contributed by atoms with Crippen molar-refractivity contribution in [2.24, 2.45) is 5.41 Å². The number of carboxylic acid groups (broad SMARTS) is 2. The number of rotatable bonds is 9. The van der Waals surface area contributed by atoms with Gasteiger partial charge in [0.25, 0.3) is 0 Å². The molecule has 198 valence electrons. The molecule has 2 N–H and O–H groups in total. The highest BCUT2D eigenvalue weighted by atomic mass is 16.7. The quantitative estimate of drug-likeness (QED) is 0.476. The van der Waals surface area contributed by atoms with Crippen LogP contribution in [0.15, 0.2) is 24.3 Å². The zero-order chi connectivity index (χ0) is 26.4. The van der Waals surface area contributed by atoms with Crippen molar-refractivity contribution in [1.29, 1.82) is 0 Å². The Balaban J connectivity index is 1.55. The molecule has 0 radical (unpaired) electrons. The van der Waals surface area contributed by atoms with Crippen molar-refractivity contribution in [3.05, 3.63) is 29.8 Å². The SMILES string of the molecule is COc1ccc(COC2CN(C(=O)O)[C@@]3(C(=O)O)CCC[C@@]23CCCB2OC(C)(C)C(C)(C)O2)cc1. The Kier molecular flexibility index (Phi) is 7.09. The minimum atomic E-state index is -1.50. The number of methoxy groups -OCH3 is 1. The van der Waals surface area contributed by atoms with Crippen LogP contribution in [0.25, 0.3) is 0 Å². The van der Waals surface area contributed by atoms with Crippen LogP contribution in [-0.4, -0.2) is 70.8 Å². The number of carboxylic acids is 1. The second-order valence-electron chi connectivity index (χ2n) is 11.3. The molecule has 2 saturated heterocycles. The van der Waals surface area contributed by atoms with Crippen molar-refractivity contribution in [3.63, 3.8) is 0 Å². The lowest BCUT2D eigenvalue weighted by Gasteiger charge is -2.42. The van der Waals surface area contributed by atoms with Gasteiger partial charge in [-0.15, -0.1) is 0 Å². The van der Waals surface area contributed by atoms with Gasteiger partial charge in [-0.1, -0.05) is 18.6 Å². The summed E-state index contributed by atoms with van der Waals surface area (Å²) in [7, 11) is 1.21. The topological polar surface area (TPSA) is 115 Å². The monoisotopic (exact) mass is 503 g/mol. The first-order chi connectivity index (χ1) is 16.9. The molecule has 2 heterocycles. The van der Waals surface area contributed by atoms with Crippen LogP contribution in [0.3, 0.4) is 0 Å². The zero-order valence-corrected chi connectivity index (χ0v) is 21.9. The Labute approximate surface area is 213 Å². The Morgan fingerprint density at radius 1 is 1.08 bits per heavy atom. The molecular formula is C26H38BNO8. The molecule has 1 amide bonds. The van der Waals surface area contributed by atoms with Gasteiger partial charge in [-0.05, 0) is 77.4 Å². The van der Waals surface area contributed by atoms with Crippen molar-refractivity contribution in [3.8, 4) is 5.75 Å². The van der Waals surface area contributed by atoms with Gasteiger partial charge in [-0.2, -0.15) is 0 Å². The fourth-order valence-corrected chi connectivity index (χ4v) is 6.41. The molecule has 1 aromatic carbocycles. The van der Waals surface area contributed by atoms with E-state index in [9.17, 15) is 19.8 Å². The summed E-state index contributed by atoms with van der Waals surface area (Å²) < 4.78 is 23.8. The van der Waals surface area contributed by atoms with Crippen LogP contribution in [0.2, 0.25) is 6.32 Å². The molecule has 3 atom stereocenters. The molecule has 1 aromatic rings. The highest BCUT2D eigenvalue weighted by Gasteiger charge is 2.72. The number of aliphatic carboxylic acids is 1. The number of fused-ring (bicyclic) bond motifs is 1. The Morgan fingerprint density at radius 2 is 1.72 bits per heavy atom. The summed E-state index contributed by atoms with van der Waals surface area (Å²) >= 11 is 0. The number of benzene rings is 1. The van der Waals surface area contributed by atoms with Crippen molar-refractivity contribution >= 4 is 19.2 Å². The van der Waals surface area contributed by atoms with E-state index in [1.54, 1.807) is 7.11 Å². The number of likely N-dealkylation sites (tertiary alicyclic amines) is 1. The van der Waals surface area contributed by atoms with E-state index in [1.807, 2.05) is 52.0 Å². The summed E-state index contributed by atoms with van der Waals surface area (Å²) in [6.07, 6.45) is 1.52. The van der Waals surface area contributed by atoms with Crippen LogP contribution in [0.4, 0.5) is 4.79 Å². The third-order valence-corrected chi connectivity index (χ3v) is 8.97. The molecule has 0 spiro atoms. The predicted octanol–water partition coefficient (Wildman–Crippen LogP) is 4.44. The van der Waals surface area contributed by atoms with Crippen LogP contribution < -0.4 is 4.74 Å². The second kappa shape index (κ2) is 9.54. The molecule has 1 saturated carbocycles. The summed E-state index contributed by atoms with van der Waals surface area (Å²) in [5, 5.41) is 20.5.